The Morgan fingerprint density at radius 3 is 2.96 bits per heavy atom. The Hall–Kier alpha value is -2.38. The van der Waals surface area contributed by atoms with Gasteiger partial charge >= 0.3 is 0 Å². The number of ether oxygens (including phenoxy) is 2. The fourth-order valence-corrected chi connectivity index (χ4v) is 4.10. The third-order valence-corrected chi connectivity index (χ3v) is 5.43. The molecule has 7 heteroatoms. The lowest BCUT2D eigenvalue weighted by molar-refractivity contribution is 0.209. The Morgan fingerprint density at radius 2 is 2.19 bits per heavy atom. The van der Waals surface area contributed by atoms with Crippen LogP contribution in [0.1, 0.15) is 30.3 Å². The van der Waals surface area contributed by atoms with Gasteiger partial charge in [0.2, 0.25) is 11.7 Å². The molecule has 0 spiro atoms. The maximum absolute atomic E-state index is 5.58. The average Bonchev–Trinajstić information content (AvgIpc) is 3.42. The van der Waals surface area contributed by atoms with Crippen molar-refractivity contribution in [2.75, 3.05) is 20.8 Å². The number of likely N-dealkylation sites (tertiary alicyclic amines) is 1. The summed E-state index contributed by atoms with van der Waals surface area (Å²) >= 11 is 1.62. The summed E-state index contributed by atoms with van der Waals surface area (Å²) in [7, 11) is 3.39. The van der Waals surface area contributed by atoms with E-state index in [0.717, 1.165) is 42.0 Å². The predicted molar refractivity (Wildman–Crippen MR) is 99.5 cm³/mol. The molecule has 0 amide bonds. The molecule has 1 saturated heterocycles. The summed E-state index contributed by atoms with van der Waals surface area (Å²) in [6.45, 7) is 1.61. The summed E-state index contributed by atoms with van der Waals surface area (Å²) in [5, 5.41) is 8.14. The van der Waals surface area contributed by atoms with Gasteiger partial charge in [0, 0.05) is 22.5 Å². The Bertz CT molecular complexity index is 863. The number of hydrogen-bond donors (Lipinski definition) is 0. The number of thiophene rings is 1. The van der Waals surface area contributed by atoms with Crippen molar-refractivity contribution in [2.45, 2.75) is 25.4 Å². The highest BCUT2D eigenvalue weighted by Gasteiger charge is 2.30. The summed E-state index contributed by atoms with van der Waals surface area (Å²) in [6.07, 6.45) is 2.19. The summed E-state index contributed by atoms with van der Waals surface area (Å²) in [5.74, 6) is 3.01. The zero-order valence-corrected chi connectivity index (χ0v) is 15.7. The van der Waals surface area contributed by atoms with E-state index in [2.05, 4.69) is 21.1 Å². The SMILES string of the molecule is COc1ccc(OC)c([C@@H]2CCCN2Cc2nc(-c3ccsc3)no2)c1. The van der Waals surface area contributed by atoms with Gasteiger partial charge in [-0.2, -0.15) is 16.3 Å². The fraction of sp³-hybridized carbons (Fsp3) is 0.368. The lowest BCUT2D eigenvalue weighted by atomic mass is 10.0. The van der Waals surface area contributed by atoms with Gasteiger partial charge in [0.15, 0.2) is 0 Å². The van der Waals surface area contributed by atoms with E-state index in [1.165, 1.54) is 0 Å². The Labute approximate surface area is 156 Å². The lowest BCUT2D eigenvalue weighted by Crippen LogP contribution is -2.23. The molecule has 0 aliphatic carbocycles. The first-order valence-corrected chi connectivity index (χ1v) is 9.54. The third kappa shape index (κ3) is 3.32. The van der Waals surface area contributed by atoms with Crippen LogP contribution in [0.25, 0.3) is 11.4 Å². The van der Waals surface area contributed by atoms with Gasteiger partial charge in [0.1, 0.15) is 11.5 Å². The number of rotatable bonds is 6. The maximum Gasteiger partial charge on any atom is 0.241 e. The van der Waals surface area contributed by atoms with Crippen LogP contribution in [0.3, 0.4) is 0 Å². The van der Waals surface area contributed by atoms with Crippen LogP contribution in [0.4, 0.5) is 0 Å². The van der Waals surface area contributed by atoms with Crippen LogP contribution in [-0.4, -0.2) is 35.8 Å². The molecular weight excluding hydrogens is 350 g/mol. The third-order valence-electron chi connectivity index (χ3n) is 4.75. The number of aromatic nitrogens is 2. The standard InChI is InChI=1S/C19H21N3O3S/c1-23-14-5-6-17(24-2)15(10-14)16-4-3-8-22(16)11-18-20-19(21-25-18)13-7-9-26-12-13/h5-7,9-10,12,16H,3-4,8,11H2,1-2H3/t16-/m0/s1. The Morgan fingerprint density at radius 1 is 1.27 bits per heavy atom. The van der Waals surface area contributed by atoms with Crippen molar-refractivity contribution in [2.24, 2.45) is 0 Å². The highest BCUT2D eigenvalue weighted by atomic mass is 32.1. The van der Waals surface area contributed by atoms with Gasteiger partial charge < -0.3 is 14.0 Å². The first-order valence-electron chi connectivity index (χ1n) is 8.59. The first-order chi connectivity index (χ1) is 12.8. The van der Waals surface area contributed by atoms with Crippen LogP contribution in [0.15, 0.2) is 39.5 Å². The molecule has 1 aliphatic heterocycles. The lowest BCUT2D eigenvalue weighted by Gasteiger charge is -2.25. The van der Waals surface area contributed by atoms with Crippen molar-refractivity contribution in [1.82, 2.24) is 15.0 Å². The minimum Gasteiger partial charge on any atom is -0.497 e. The van der Waals surface area contributed by atoms with Gasteiger partial charge in [0.05, 0.1) is 20.8 Å². The molecule has 0 radical (unpaired) electrons. The zero-order chi connectivity index (χ0) is 17.9. The minimum absolute atomic E-state index is 0.247. The molecule has 1 aliphatic rings. The van der Waals surface area contributed by atoms with Gasteiger partial charge in [-0.1, -0.05) is 5.16 Å². The molecule has 0 bridgehead atoms. The van der Waals surface area contributed by atoms with E-state index in [-0.39, 0.29) is 6.04 Å². The van der Waals surface area contributed by atoms with Gasteiger partial charge in [-0.3, -0.25) is 4.90 Å². The Balaban J connectivity index is 1.56. The van der Waals surface area contributed by atoms with Crippen molar-refractivity contribution < 1.29 is 14.0 Å². The topological polar surface area (TPSA) is 60.6 Å². The van der Waals surface area contributed by atoms with Crippen molar-refractivity contribution in [3.05, 3.63) is 46.5 Å². The largest absolute Gasteiger partial charge is 0.497 e. The summed E-state index contributed by atoms with van der Waals surface area (Å²) in [4.78, 5) is 6.92. The normalized spacial score (nSPS) is 17.5. The van der Waals surface area contributed by atoms with Crippen LogP contribution >= 0.6 is 11.3 Å². The molecule has 0 unspecified atom stereocenters. The molecule has 4 rings (SSSR count). The van der Waals surface area contributed by atoms with E-state index in [1.807, 2.05) is 29.0 Å². The molecule has 6 nitrogen and oxygen atoms in total. The summed E-state index contributed by atoms with van der Waals surface area (Å²) in [5.41, 5.74) is 2.14. The van der Waals surface area contributed by atoms with E-state index < -0.39 is 0 Å². The molecule has 0 N–H and O–H groups in total. The smallest absolute Gasteiger partial charge is 0.241 e. The van der Waals surface area contributed by atoms with Gasteiger partial charge in [-0.25, -0.2) is 0 Å². The predicted octanol–water partition coefficient (Wildman–Crippen LogP) is 4.15. The van der Waals surface area contributed by atoms with Crippen LogP contribution in [0, 0.1) is 0 Å². The monoisotopic (exact) mass is 371 g/mol. The minimum atomic E-state index is 0.247. The summed E-state index contributed by atoms with van der Waals surface area (Å²) in [6, 6.07) is 8.20. The fourth-order valence-electron chi connectivity index (χ4n) is 3.47. The Kier molecular flexibility index (Phi) is 4.90. The molecule has 2 aromatic heterocycles. The second-order valence-corrected chi connectivity index (χ2v) is 7.04. The molecule has 3 heterocycles. The van der Waals surface area contributed by atoms with Crippen LogP contribution in [0.2, 0.25) is 0 Å². The molecule has 1 atom stereocenters. The summed E-state index contributed by atoms with van der Waals surface area (Å²) < 4.78 is 16.5. The van der Waals surface area contributed by atoms with E-state index >= 15 is 0 Å². The maximum atomic E-state index is 5.58. The van der Waals surface area contributed by atoms with Crippen LogP contribution in [0.5, 0.6) is 11.5 Å². The highest BCUT2D eigenvalue weighted by Crippen LogP contribution is 2.39. The van der Waals surface area contributed by atoms with Crippen LogP contribution < -0.4 is 9.47 Å². The second-order valence-electron chi connectivity index (χ2n) is 6.26. The highest BCUT2D eigenvalue weighted by molar-refractivity contribution is 7.08. The average molecular weight is 371 g/mol. The molecule has 0 saturated carbocycles. The van der Waals surface area contributed by atoms with Crippen molar-refractivity contribution >= 4 is 11.3 Å². The molecule has 136 valence electrons. The quantitative estimate of drug-likeness (QED) is 0.649. The van der Waals surface area contributed by atoms with Crippen LogP contribution in [-0.2, 0) is 6.54 Å². The van der Waals surface area contributed by atoms with E-state index in [1.54, 1.807) is 25.6 Å². The molecule has 3 aromatic rings. The van der Waals surface area contributed by atoms with Gasteiger partial charge in [0.25, 0.3) is 0 Å². The van der Waals surface area contributed by atoms with E-state index in [9.17, 15) is 0 Å². The second kappa shape index (κ2) is 7.47. The van der Waals surface area contributed by atoms with Crippen molar-refractivity contribution in [3.63, 3.8) is 0 Å². The van der Waals surface area contributed by atoms with Gasteiger partial charge in [-0.15, -0.1) is 0 Å². The molecular formula is C19H21N3O3S. The zero-order valence-electron chi connectivity index (χ0n) is 14.8. The number of nitrogens with zero attached hydrogens (tertiary/aromatic N) is 3. The van der Waals surface area contributed by atoms with Crippen molar-refractivity contribution in [3.8, 4) is 22.9 Å². The van der Waals surface area contributed by atoms with E-state index in [0.29, 0.717) is 18.3 Å². The molecule has 1 aromatic carbocycles. The molecule has 1 fully saturated rings. The first kappa shape index (κ1) is 17.1. The number of hydrogen-bond acceptors (Lipinski definition) is 7. The van der Waals surface area contributed by atoms with Gasteiger partial charge in [-0.05, 0) is 49.0 Å². The molecule has 26 heavy (non-hydrogen) atoms. The number of methoxy groups -OCH3 is 2. The number of benzene rings is 1. The van der Waals surface area contributed by atoms with E-state index in [4.69, 9.17) is 14.0 Å². The van der Waals surface area contributed by atoms with Crippen molar-refractivity contribution in [1.29, 1.82) is 0 Å².